The largest absolute Gasteiger partial charge is 0.494 e. The molecule has 144 valence electrons. The molecule has 0 unspecified atom stereocenters. The van der Waals surface area contributed by atoms with Crippen molar-refractivity contribution < 1.29 is 17.9 Å². The molecule has 0 radical (unpaired) electrons. The van der Waals surface area contributed by atoms with E-state index in [4.69, 9.17) is 16.3 Å². The molecule has 1 saturated carbocycles. The van der Waals surface area contributed by atoms with Gasteiger partial charge in [-0.2, -0.15) is 0 Å². The Bertz CT molecular complexity index is 894. The first-order chi connectivity index (χ1) is 12.9. The molecule has 6 nitrogen and oxygen atoms in total. The highest BCUT2D eigenvalue weighted by Gasteiger charge is 2.30. The lowest BCUT2D eigenvalue weighted by molar-refractivity contribution is -0.119. The number of nitrogens with one attached hydrogen (secondary N) is 1. The number of halogens is 1. The molecule has 27 heavy (non-hydrogen) atoms. The van der Waals surface area contributed by atoms with Gasteiger partial charge < -0.3 is 10.1 Å². The number of anilines is 1. The van der Waals surface area contributed by atoms with E-state index in [-0.39, 0.29) is 23.4 Å². The molecule has 0 spiro atoms. The van der Waals surface area contributed by atoms with Crippen molar-refractivity contribution in [2.24, 2.45) is 0 Å². The summed E-state index contributed by atoms with van der Waals surface area (Å²) < 4.78 is 32.8. The van der Waals surface area contributed by atoms with Gasteiger partial charge in [-0.1, -0.05) is 11.6 Å². The Morgan fingerprint density at radius 1 is 1.15 bits per heavy atom. The van der Waals surface area contributed by atoms with Crippen LogP contribution >= 0.6 is 11.6 Å². The van der Waals surface area contributed by atoms with Crippen molar-refractivity contribution >= 4 is 33.2 Å². The van der Waals surface area contributed by atoms with Crippen molar-refractivity contribution in [2.45, 2.75) is 30.7 Å². The number of benzene rings is 2. The van der Waals surface area contributed by atoms with Crippen LogP contribution in [0.1, 0.15) is 19.8 Å². The lowest BCUT2D eigenvalue weighted by Gasteiger charge is -2.24. The number of carbonyl (C=O) groups is 1. The fourth-order valence-corrected chi connectivity index (χ4v) is 4.10. The third-order valence-electron chi connectivity index (χ3n) is 4.07. The summed E-state index contributed by atoms with van der Waals surface area (Å²) in [5, 5.41) is 3.27. The van der Waals surface area contributed by atoms with Gasteiger partial charge in [-0.3, -0.25) is 9.10 Å². The van der Waals surface area contributed by atoms with Crippen LogP contribution in [0.3, 0.4) is 0 Å². The number of rotatable bonds is 8. The Labute approximate surface area is 164 Å². The van der Waals surface area contributed by atoms with Gasteiger partial charge in [0.1, 0.15) is 12.3 Å². The molecule has 0 heterocycles. The fourth-order valence-electron chi connectivity index (χ4n) is 2.56. The number of ether oxygens (including phenoxy) is 1. The van der Waals surface area contributed by atoms with Gasteiger partial charge in [-0.05, 0) is 68.3 Å². The second-order valence-corrected chi connectivity index (χ2v) is 8.53. The minimum Gasteiger partial charge on any atom is -0.494 e. The Hall–Kier alpha value is -2.25. The molecule has 1 amide bonds. The summed E-state index contributed by atoms with van der Waals surface area (Å²) in [4.78, 5) is 12.4. The lowest BCUT2D eigenvalue weighted by Crippen LogP contribution is -2.41. The predicted octanol–water partition coefficient (Wildman–Crippen LogP) is 3.21. The zero-order chi connectivity index (χ0) is 19.4. The molecule has 8 heteroatoms. The quantitative estimate of drug-likeness (QED) is 0.727. The lowest BCUT2D eigenvalue weighted by atomic mass is 10.3. The summed E-state index contributed by atoms with van der Waals surface area (Å²) in [7, 11) is -3.93. The van der Waals surface area contributed by atoms with Gasteiger partial charge >= 0.3 is 0 Å². The number of nitrogens with zero attached hydrogens (tertiary/aromatic N) is 1. The summed E-state index contributed by atoms with van der Waals surface area (Å²) >= 11 is 5.87. The van der Waals surface area contributed by atoms with Gasteiger partial charge in [0.2, 0.25) is 5.91 Å². The first-order valence-electron chi connectivity index (χ1n) is 8.70. The van der Waals surface area contributed by atoms with E-state index in [0.29, 0.717) is 23.1 Å². The molecule has 2 aromatic rings. The average molecular weight is 409 g/mol. The molecule has 0 atom stereocenters. The van der Waals surface area contributed by atoms with Gasteiger partial charge in [0, 0.05) is 11.1 Å². The van der Waals surface area contributed by atoms with Gasteiger partial charge in [0.05, 0.1) is 17.2 Å². The van der Waals surface area contributed by atoms with E-state index < -0.39 is 10.0 Å². The van der Waals surface area contributed by atoms with Gasteiger partial charge in [0.15, 0.2) is 0 Å². The maximum absolute atomic E-state index is 13.2. The number of hydrogen-bond donors (Lipinski definition) is 1. The van der Waals surface area contributed by atoms with E-state index in [1.807, 2.05) is 6.92 Å². The zero-order valence-corrected chi connectivity index (χ0v) is 16.5. The summed E-state index contributed by atoms with van der Waals surface area (Å²) in [6.07, 6.45) is 1.86. The topological polar surface area (TPSA) is 75.7 Å². The van der Waals surface area contributed by atoms with Crippen LogP contribution in [0.5, 0.6) is 5.75 Å². The number of sulfonamides is 1. The van der Waals surface area contributed by atoms with Gasteiger partial charge in [-0.25, -0.2) is 8.42 Å². The first-order valence-corrected chi connectivity index (χ1v) is 10.5. The Kier molecular flexibility index (Phi) is 5.92. The van der Waals surface area contributed by atoms with Crippen molar-refractivity contribution in [1.29, 1.82) is 0 Å². The van der Waals surface area contributed by atoms with Crippen LogP contribution < -0.4 is 14.4 Å². The van der Waals surface area contributed by atoms with Crippen LogP contribution in [0.4, 0.5) is 5.69 Å². The van der Waals surface area contributed by atoms with Crippen molar-refractivity contribution in [2.75, 3.05) is 17.5 Å². The molecular weight excluding hydrogens is 388 g/mol. The molecule has 2 aromatic carbocycles. The molecule has 1 aliphatic carbocycles. The first kappa shape index (κ1) is 19.5. The highest BCUT2D eigenvalue weighted by Crippen LogP contribution is 2.27. The van der Waals surface area contributed by atoms with Crippen LogP contribution in [0.2, 0.25) is 5.02 Å². The second kappa shape index (κ2) is 8.19. The molecule has 1 fully saturated rings. The summed E-state index contributed by atoms with van der Waals surface area (Å²) in [5.74, 6) is 0.302. The molecule has 0 aliphatic heterocycles. The van der Waals surface area contributed by atoms with Crippen molar-refractivity contribution in [1.82, 2.24) is 5.32 Å². The van der Waals surface area contributed by atoms with Gasteiger partial charge in [-0.15, -0.1) is 0 Å². The van der Waals surface area contributed by atoms with Crippen molar-refractivity contribution in [3.63, 3.8) is 0 Å². The van der Waals surface area contributed by atoms with E-state index in [0.717, 1.165) is 17.1 Å². The van der Waals surface area contributed by atoms with Crippen LogP contribution in [0.15, 0.2) is 53.4 Å². The zero-order valence-electron chi connectivity index (χ0n) is 14.9. The third kappa shape index (κ3) is 4.93. The number of carbonyl (C=O) groups excluding carboxylic acids is 1. The molecule has 0 saturated heterocycles. The summed E-state index contributed by atoms with van der Waals surface area (Å²) in [5.41, 5.74) is 0.388. The van der Waals surface area contributed by atoms with E-state index in [1.54, 1.807) is 24.3 Å². The standard InChI is InChI=1S/C19H21ClN2O4S/c1-2-26-17-9-7-16(8-10-17)22(13-19(23)21-15-5-6-15)27(24,25)18-11-3-14(20)4-12-18/h3-4,7-12,15H,2,5-6,13H2,1H3,(H,21,23). The Balaban J connectivity index is 1.92. The third-order valence-corrected chi connectivity index (χ3v) is 6.11. The van der Waals surface area contributed by atoms with Crippen LogP contribution in [-0.2, 0) is 14.8 Å². The number of amides is 1. The number of hydrogen-bond acceptors (Lipinski definition) is 4. The predicted molar refractivity (Wildman–Crippen MR) is 105 cm³/mol. The van der Waals surface area contributed by atoms with E-state index in [2.05, 4.69) is 5.32 Å². The van der Waals surface area contributed by atoms with Crippen molar-refractivity contribution in [3.8, 4) is 5.75 Å². The molecule has 0 bridgehead atoms. The van der Waals surface area contributed by atoms with Gasteiger partial charge in [0.25, 0.3) is 10.0 Å². The molecular formula is C19H21ClN2O4S. The Morgan fingerprint density at radius 2 is 1.78 bits per heavy atom. The molecule has 3 rings (SSSR count). The van der Waals surface area contributed by atoms with Crippen molar-refractivity contribution in [3.05, 3.63) is 53.6 Å². The normalized spacial score (nSPS) is 13.9. The molecule has 1 aliphatic rings. The maximum atomic E-state index is 13.2. The fraction of sp³-hybridized carbons (Fsp3) is 0.316. The average Bonchev–Trinajstić information content (AvgIpc) is 3.45. The monoisotopic (exact) mass is 408 g/mol. The van der Waals surface area contributed by atoms with Crippen LogP contribution in [-0.4, -0.2) is 33.5 Å². The van der Waals surface area contributed by atoms with E-state index >= 15 is 0 Å². The maximum Gasteiger partial charge on any atom is 0.264 e. The summed E-state index contributed by atoms with van der Waals surface area (Å²) in [6, 6.07) is 12.6. The van der Waals surface area contributed by atoms with E-state index in [1.165, 1.54) is 24.3 Å². The smallest absolute Gasteiger partial charge is 0.264 e. The van der Waals surface area contributed by atoms with Crippen LogP contribution in [0.25, 0.3) is 0 Å². The second-order valence-electron chi connectivity index (χ2n) is 6.23. The Morgan fingerprint density at radius 3 is 2.33 bits per heavy atom. The van der Waals surface area contributed by atoms with Crippen LogP contribution in [0, 0.1) is 0 Å². The minimum atomic E-state index is -3.93. The van der Waals surface area contributed by atoms with E-state index in [9.17, 15) is 13.2 Å². The summed E-state index contributed by atoms with van der Waals surface area (Å²) in [6.45, 7) is 2.08. The minimum absolute atomic E-state index is 0.0695. The highest BCUT2D eigenvalue weighted by atomic mass is 35.5. The molecule has 1 N–H and O–H groups in total. The highest BCUT2D eigenvalue weighted by molar-refractivity contribution is 7.92. The SMILES string of the molecule is CCOc1ccc(N(CC(=O)NC2CC2)S(=O)(=O)c2ccc(Cl)cc2)cc1. The molecule has 0 aromatic heterocycles.